The summed E-state index contributed by atoms with van der Waals surface area (Å²) in [4.78, 5) is 19.0. The summed E-state index contributed by atoms with van der Waals surface area (Å²) in [6.07, 6.45) is -0.872. The normalized spacial score (nSPS) is 16.0. The van der Waals surface area contributed by atoms with E-state index in [9.17, 15) is 9.90 Å². The van der Waals surface area contributed by atoms with E-state index in [1.54, 1.807) is 36.6 Å². The van der Waals surface area contributed by atoms with Crippen molar-refractivity contribution in [1.29, 1.82) is 0 Å². The predicted molar refractivity (Wildman–Crippen MR) is 104 cm³/mol. The van der Waals surface area contributed by atoms with Crippen LogP contribution in [0.3, 0.4) is 0 Å². The van der Waals surface area contributed by atoms with E-state index in [1.165, 1.54) is 11.3 Å². The van der Waals surface area contributed by atoms with Gasteiger partial charge in [-0.25, -0.2) is 4.98 Å². The third-order valence-electron chi connectivity index (χ3n) is 4.75. The summed E-state index contributed by atoms with van der Waals surface area (Å²) in [5, 5.41) is 13.0. The number of ether oxygens (including phenoxy) is 2. The zero-order valence-corrected chi connectivity index (χ0v) is 16.6. The third kappa shape index (κ3) is 3.14. The van der Waals surface area contributed by atoms with Gasteiger partial charge in [0.05, 0.1) is 27.3 Å². The average molecular weight is 400 g/mol. The van der Waals surface area contributed by atoms with Gasteiger partial charge in [-0.05, 0) is 31.2 Å². The molecule has 1 N–H and O–H groups in total. The zero-order valence-electron chi connectivity index (χ0n) is 15.8. The molecule has 1 aromatic carbocycles. The fourth-order valence-corrected chi connectivity index (χ4v) is 4.18. The van der Waals surface area contributed by atoms with E-state index in [2.05, 4.69) is 4.98 Å². The molecule has 0 radical (unpaired) electrons. The Morgan fingerprint density at radius 3 is 2.68 bits per heavy atom. The Hall–Kier alpha value is -2.84. The Balaban J connectivity index is 1.63. The number of hydrogen-bond acceptors (Lipinski definition) is 7. The van der Waals surface area contributed by atoms with Gasteiger partial charge in [0, 0.05) is 16.5 Å². The van der Waals surface area contributed by atoms with Crippen LogP contribution in [0.4, 0.5) is 0 Å². The summed E-state index contributed by atoms with van der Waals surface area (Å²) in [5.74, 6) is 2.36. The second-order valence-electron chi connectivity index (χ2n) is 6.51. The number of nitrogens with zero attached hydrogens (tertiary/aromatic N) is 2. The molecule has 1 atom stereocenters. The Kier molecular flexibility index (Phi) is 4.82. The lowest BCUT2D eigenvalue weighted by Gasteiger charge is -2.33. The number of carbonyl (C=O) groups is 1. The summed E-state index contributed by atoms with van der Waals surface area (Å²) < 4.78 is 16.4. The number of rotatable bonds is 4. The van der Waals surface area contributed by atoms with Gasteiger partial charge in [0.25, 0.3) is 5.91 Å². The molecule has 2 aromatic heterocycles. The number of fused-ring (bicyclic) bond motifs is 1. The SMILES string of the molecule is COc1ccc(OC)c2c1CN(C(=O)c1csc(-c3ccc(C)o3)n1)C[C@@H]2O. The molecule has 3 heterocycles. The number of carbonyl (C=O) groups excluding carboxylic acids is 1. The highest BCUT2D eigenvalue weighted by molar-refractivity contribution is 7.13. The highest BCUT2D eigenvalue weighted by atomic mass is 32.1. The van der Waals surface area contributed by atoms with Gasteiger partial charge in [-0.2, -0.15) is 0 Å². The summed E-state index contributed by atoms with van der Waals surface area (Å²) in [7, 11) is 3.12. The smallest absolute Gasteiger partial charge is 0.273 e. The maximum Gasteiger partial charge on any atom is 0.273 e. The van der Waals surface area contributed by atoms with Crippen LogP contribution in [0.15, 0.2) is 34.1 Å². The van der Waals surface area contributed by atoms with Crippen LogP contribution < -0.4 is 9.47 Å². The van der Waals surface area contributed by atoms with Crippen LogP contribution >= 0.6 is 11.3 Å². The quantitative estimate of drug-likeness (QED) is 0.722. The van der Waals surface area contributed by atoms with E-state index in [0.717, 1.165) is 11.3 Å². The van der Waals surface area contributed by atoms with Gasteiger partial charge in [0.1, 0.15) is 29.1 Å². The molecular formula is C20H20N2O5S. The van der Waals surface area contributed by atoms with Crippen LogP contribution in [0.2, 0.25) is 0 Å². The molecule has 1 amide bonds. The summed E-state index contributed by atoms with van der Waals surface area (Å²) in [6.45, 7) is 2.32. The molecule has 7 nitrogen and oxygen atoms in total. The third-order valence-corrected chi connectivity index (χ3v) is 5.61. The van der Waals surface area contributed by atoms with Crippen molar-refractivity contribution >= 4 is 17.2 Å². The number of benzene rings is 1. The van der Waals surface area contributed by atoms with E-state index in [-0.39, 0.29) is 12.5 Å². The van der Waals surface area contributed by atoms with Gasteiger partial charge in [-0.3, -0.25) is 4.79 Å². The van der Waals surface area contributed by atoms with Crippen molar-refractivity contribution in [2.45, 2.75) is 19.6 Å². The topological polar surface area (TPSA) is 85.0 Å². The molecule has 0 bridgehead atoms. The number of furan rings is 1. The molecule has 1 aliphatic heterocycles. The van der Waals surface area contributed by atoms with Gasteiger partial charge in [0.2, 0.25) is 0 Å². The minimum Gasteiger partial charge on any atom is -0.496 e. The molecular weight excluding hydrogens is 380 g/mol. The second-order valence-corrected chi connectivity index (χ2v) is 7.37. The first-order chi connectivity index (χ1) is 13.5. The number of hydrogen-bond donors (Lipinski definition) is 1. The van der Waals surface area contributed by atoms with Crippen molar-refractivity contribution in [3.05, 3.63) is 52.2 Å². The van der Waals surface area contributed by atoms with E-state index in [1.807, 2.05) is 19.1 Å². The van der Waals surface area contributed by atoms with Crippen LogP contribution in [-0.4, -0.2) is 41.7 Å². The van der Waals surface area contributed by atoms with Crippen LogP contribution in [0.25, 0.3) is 10.8 Å². The molecule has 3 aromatic rings. The van der Waals surface area contributed by atoms with E-state index in [0.29, 0.717) is 40.1 Å². The fourth-order valence-electron chi connectivity index (χ4n) is 3.43. The van der Waals surface area contributed by atoms with Gasteiger partial charge in [-0.15, -0.1) is 11.3 Å². The van der Waals surface area contributed by atoms with Crippen molar-refractivity contribution in [3.63, 3.8) is 0 Å². The van der Waals surface area contributed by atoms with Gasteiger partial charge in [-0.1, -0.05) is 0 Å². The number of amides is 1. The molecule has 28 heavy (non-hydrogen) atoms. The molecule has 1 aliphatic rings. The number of aromatic nitrogens is 1. The number of aryl methyl sites for hydroxylation is 1. The fraction of sp³-hybridized carbons (Fsp3) is 0.300. The Morgan fingerprint density at radius 2 is 2.00 bits per heavy atom. The van der Waals surface area contributed by atoms with Gasteiger partial charge >= 0.3 is 0 Å². The minimum absolute atomic E-state index is 0.155. The van der Waals surface area contributed by atoms with Crippen molar-refractivity contribution in [2.75, 3.05) is 20.8 Å². The lowest BCUT2D eigenvalue weighted by atomic mass is 9.95. The molecule has 8 heteroatoms. The lowest BCUT2D eigenvalue weighted by Crippen LogP contribution is -2.38. The molecule has 0 unspecified atom stereocenters. The summed E-state index contributed by atoms with van der Waals surface area (Å²) in [6, 6.07) is 7.23. The number of aliphatic hydroxyl groups excluding tert-OH is 1. The van der Waals surface area contributed by atoms with Crippen LogP contribution in [0.5, 0.6) is 11.5 Å². The number of aliphatic hydroxyl groups is 1. The molecule has 146 valence electrons. The molecule has 0 fully saturated rings. The lowest BCUT2D eigenvalue weighted by molar-refractivity contribution is 0.0534. The monoisotopic (exact) mass is 400 g/mol. The summed E-state index contributed by atoms with van der Waals surface area (Å²) in [5.41, 5.74) is 1.73. The molecule has 4 rings (SSSR count). The summed E-state index contributed by atoms with van der Waals surface area (Å²) >= 11 is 1.35. The number of β-amino-alcohol motifs (C(OH)–C–C–N with tert-alkyl or cyclic N) is 1. The predicted octanol–water partition coefficient (Wildman–Crippen LogP) is 3.42. The highest BCUT2D eigenvalue weighted by Crippen LogP contribution is 2.39. The first-order valence-electron chi connectivity index (χ1n) is 8.75. The highest BCUT2D eigenvalue weighted by Gasteiger charge is 2.33. The maximum absolute atomic E-state index is 13.0. The largest absolute Gasteiger partial charge is 0.496 e. The Morgan fingerprint density at radius 1 is 1.25 bits per heavy atom. The number of methoxy groups -OCH3 is 2. The maximum atomic E-state index is 13.0. The molecule has 0 aliphatic carbocycles. The van der Waals surface area contributed by atoms with Crippen LogP contribution in [-0.2, 0) is 6.54 Å². The van der Waals surface area contributed by atoms with E-state index in [4.69, 9.17) is 13.9 Å². The Labute approximate surface area is 166 Å². The van der Waals surface area contributed by atoms with E-state index >= 15 is 0 Å². The molecule has 0 saturated heterocycles. The number of thiazole rings is 1. The second kappa shape index (κ2) is 7.29. The molecule has 0 saturated carbocycles. The first-order valence-corrected chi connectivity index (χ1v) is 9.63. The van der Waals surface area contributed by atoms with Crippen LogP contribution in [0.1, 0.15) is 33.5 Å². The minimum atomic E-state index is -0.872. The van der Waals surface area contributed by atoms with Gasteiger partial charge in [0.15, 0.2) is 10.8 Å². The first kappa shape index (κ1) is 18.5. The van der Waals surface area contributed by atoms with Crippen molar-refractivity contribution in [3.8, 4) is 22.3 Å². The van der Waals surface area contributed by atoms with Crippen LogP contribution in [0, 0.1) is 6.92 Å². The Bertz CT molecular complexity index is 1030. The zero-order chi connectivity index (χ0) is 19.8. The van der Waals surface area contributed by atoms with Crippen molar-refractivity contribution in [2.24, 2.45) is 0 Å². The molecule has 0 spiro atoms. The van der Waals surface area contributed by atoms with Crippen molar-refractivity contribution < 1.29 is 23.8 Å². The van der Waals surface area contributed by atoms with Gasteiger partial charge < -0.3 is 23.9 Å². The standard InChI is InChI=1S/C20H20N2O5S/c1-11-4-5-17(27-11)19-21-13(10-28-19)20(24)22-8-12-15(25-2)6-7-16(26-3)18(12)14(23)9-22/h4-7,10,14,23H,8-9H2,1-3H3/t14-/m0/s1. The average Bonchev–Trinajstić information content (AvgIpc) is 3.35. The van der Waals surface area contributed by atoms with Crippen molar-refractivity contribution in [1.82, 2.24) is 9.88 Å². The van der Waals surface area contributed by atoms with E-state index < -0.39 is 6.10 Å².